The van der Waals surface area contributed by atoms with E-state index < -0.39 is 47.2 Å². The predicted molar refractivity (Wildman–Crippen MR) is 142 cm³/mol. The SMILES string of the molecule is COC(=O)C1=C(C)N(C(=O)CNC(Cc2ccccc2)C(=O)O)C(C)=C(C(=O)OC)C1c1ccccc1[N+](=O)[O-]. The zero-order chi connectivity index (χ0) is 29.6. The maximum atomic E-state index is 13.5. The molecule has 210 valence electrons. The lowest BCUT2D eigenvalue weighted by Crippen LogP contribution is -2.46. The summed E-state index contributed by atoms with van der Waals surface area (Å²) < 4.78 is 9.92. The van der Waals surface area contributed by atoms with Crippen molar-refractivity contribution in [1.29, 1.82) is 0 Å². The summed E-state index contributed by atoms with van der Waals surface area (Å²) in [4.78, 5) is 63.9. The Kier molecular flexibility index (Phi) is 9.51. The molecule has 1 atom stereocenters. The van der Waals surface area contributed by atoms with Gasteiger partial charge in [0.1, 0.15) is 6.04 Å². The van der Waals surface area contributed by atoms with Crippen LogP contribution >= 0.6 is 0 Å². The van der Waals surface area contributed by atoms with E-state index >= 15 is 0 Å². The Morgan fingerprint density at radius 3 is 1.98 bits per heavy atom. The van der Waals surface area contributed by atoms with E-state index in [1.165, 1.54) is 38.1 Å². The molecule has 3 rings (SSSR count). The van der Waals surface area contributed by atoms with Crippen LogP contribution in [0, 0.1) is 10.1 Å². The zero-order valence-electron chi connectivity index (χ0n) is 22.4. The summed E-state index contributed by atoms with van der Waals surface area (Å²) >= 11 is 0. The van der Waals surface area contributed by atoms with Crippen LogP contribution in [0.5, 0.6) is 0 Å². The summed E-state index contributed by atoms with van der Waals surface area (Å²) in [5, 5.41) is 24.3. The molecule has 0 spiro atoms. The number of nitro groups is 1. The van der Waals surface area contributed by atoms with Gasteiger partial charge >= 0.3 is 17.9 Å². The van der Waals surface area contributed by atoms with Gasteiger partial charge in [0, 0.05) is 23.0 Å². The van der Waals surface area contributed by atoms with Crippen molar-refractivity contribution in [1.82, 2.24) is 10.2 Å². The van der Waals surface area contributed by atoms with Crippen LogP contribution in [0.25, 0.3) is 0 Å². The highest BCUT2D eigenvalue weighted by atomic mass is 16.6. The Hall–Kier alpha value is -4.84. The fourth-order valence-electron chi connectivity index (χ4n) is 4.77. The number of carbonyl (C=O) groups is 4. The van der Waals surface area contributed by atoms with E-state index in [2.05, 4.69) is 5.32 Å². The van der Waals surface area contributed by atoms with Gasteiger partial charge in [0.2, 0.25) is 5.91 Å². The van der Waals surface area contributed by atoms with Crippen LogP contribution in [-0.4, -0.2) is 65.6 Å². The summed E-state index contributed by atoms with van der Waals surface area (Å²) in [7, 11) is 2.22. The molecule has 2 aromatic rings. The third-order valence-corrected chi connectivity index (χ3v) is 6.61. The largest absolute Gasteiger partial charge is 0.480 e. The Morgan fingerprint density at radius 1 is 0.950 bits per heavy atom. The summed E-state index contributed by atoms with van der Waals surface area (Å²) in [6.07, 6.45) is 0.105. The van der Waals surface area contributed by atoms with Crippen LogP contribution in [0.3, 0.4) is 0 Å². The number of methoxy groups -OCH3 is 2. The molecule has 0 saturated heterocycles. The molecule has 0 radical (unpaired) electrons. The first-order valence-corrected chi connectivity index (χ1v) is 12.2. The summed E-state index contributed by atoms with van der Waals surface area (Å²) in [5.41, 5.74) is 0.232. The number of benzene rings is 2. The van der Waals surface area contributed by atoms with Crippen LogP contribution < -0.4 is 5.32 Å². The van der Waals surface area contributed by atoms with Gasteiger partial charge in [-0.15, -0.1) is 0 Å². The molecule has 1 aliphatic rings. The van der Waals surface area contributed by atoms with Gasteiger partial charge < -0.3 is 14.6 Å². The maximum absolute atomic E-state index is 13.5. The highest BCUT2D eigenvalue weighted by Crippen LogP contribution is 2.45. The van der Waals surface area contributed by atoms with Gasteiger partial charge in [-0.3, -0.25) is 29.9 Å². The summed E-state index contributed by atoms with van der Waals surface area (Å²) in [6.45, 7) is 2.43. The van der Waals surface area contributed by atoms with Crippen LogP contribution in [-0.2, 0) is 35.1 Å². The number of esters is 2. The molecule has 0 saturated carbocycles. The van der Waals surface area contributed by atoms with Crippen molar-refractivity contribution < 1.29 is 38.7 Å². The molecule has 0 fully saturated rings. The van der Waals surface area contributed by atoms with Gasteiger partial charge in [-0.05, 0) is 25.8 Å². The van der Waals surface area contributed by atoms with Crippen molar-refractivity contribution in [3.05, 3.63) is 98.4 Å². The quantitative estimate of drug-likeness (QED) is 0.255. The van der Waals surface area contributed by atoms with Crippen LogP contribution in [0.4, 0.5) is 5.69 Å². The minimum absolute atomic E-state index is 0.0334. The minimum atomic E-state index is -1.27. The van der Waals surface area contributed by atoms with E-state index in [4.69, 9.17) is 9.47 Å². The Bertz CT molecular complexity index is 1360. The summed E-state index contributed by atoms with van der Waals surface area (Å²) in [6, 6.07) is 13.4. The van der Waals surface area contributed by atoms with Gasteiger partial charge in [0.25, 0.3) is 5.69 Å². The van der Waals surface area contributed by atoms with Crippen LogP contribution in [0.1, 0.15) is 30.9 Å². The van der Waals surface area contributed by atoms with Crippen LogP contribution in [0.2, 0.25) is 0 Å². The highest BCUT2D eigenvalue weighted by Gasteiger charge is 2.44. The topological polar surface area (TPSA) is 165 Å². The molecule has 1 aliphatic heterocycles. The van der Waals surface area contributed by atoms with E-state index in [-0.39, 0.29) is 40.2 Å². The molecular formula is C28H29N3O9. The van der Waals surface area contributed by atoms with Crippen molar-refractivity contribution in [2.45, 2.75) is 32.2 Å². The molecule has 2 N–H and O–H groups in total. The lowest BCUT2D eigenvalue weighted by molar-refractivity contribution is -0.385. The zero-order valence-corrected chi connectivity index (χ0v) is 22.4. The van der Waals surface area contributed by atoms with E-state index in [0.717, 1.165) is 24.7 Å². The normalized spacial score (nSPS) is 14.6. The summed E-state index contributed by atoms with van der Waals surface area (Å²) in [5.74, 6) is -4.93. The number of nitrogens with zero attached hydrogens (tertiary/aromatic N) is 2. The molecule has 40 heavy (non-hydrogen) atoms. The number of ether oxygens (including phenoxy) is 2. The van der Waals surface area contributed by atoms with Crippen molar-refractivity contribution in [2.24, 2.45) is 0 Å². The standard InChI is InChI=1S/C28H29N3O9/c1-16-23(27(35)39-3)25(19-12-8-9-13-21(19)31(37)38)24(28(36)40-4)17(2)30(16)22(32)15-29-20(26(33)34)14-18-10-6-5-7-11-18/h5-13,20,25,29H,14-15H2,1-4H3,(H,33,34). The number of allylic oxidation sites excluding steroid dienone is 2. The number of carboxylic acid groups (broad SMARTS) is 1. The number of nitrogens with one attached hydrogen (secondary N) is 1. The maximum Gasteiger partial charge on any atom is 0.336 e. The smallest absolute Gasteiger partial charge is 0.336 e. The number of aliphatic carboxylic acids is 1. The Balaban J connectivity index is 2.09. The molecule has 1 heterocycles. The molecule has 0 bridgehead atoms. The average molecular weight is 552 g/mol. The number of carboxylic acids is 1. The van der Waals surface area contributed by atoms with Gasteiger partial charge in [0.05, 0.1) is 42.8 Å². The Labute approximate surface area is 230 Å². The molecular weight excluding hydrogens is 522 g/mol. The number of amides is 1. The Morgan fingerprint density at radius 2 is 1.48 bits per heavy atom. The molecule has 1 amide bonds. The first-order chi connectivity index (χ1) is 19.0. The number of nitro benzene ring substituents is 1. The second-order valence-corrected chi connectivity index (χ2v) is 8.92. The predicted octanol–water partition coefficient (Wildman–Crippen LogP) is 2.70. The van der Waals surface area contributed by atoms with Gasteiger partial charge in [-0.1, -0.05) is 48.5 Å². The van der Waals surface area contributed by atoms with Crippen molar-refractivity contribution >= 4 is 29.5 Å². The number of para-hydroxylation sites is 1. The highest BCUT2D eigenvalue weighted by molar-refractivity contribution is 6.02. The first kappa shape index (κ1) is 29.7. The first-order valence-electron chi connectivity index (χ1n) is 12.2. The van der Waals surface area contributed by atoms with Crippen LogP contribution in [0.15, 0.2) is 77.1 Å². The second kappa shape index (κ2) is 12.8. The molecule has 12 nitrogen and oxygen atoms in total. The lowest BCUT2D eigenvalue weighted by atomic mass is 9.79. The minimum Gasteiger partial charge on any atom is -0.480 e. The van der Waals surface area contributed by atoms with E-state index in [0.29, 0.717) is 0 Å². The van der Waals surface area contributed by atoms with Crippen molar-refractivity contribution in [2.75, 3.05) is 20.8 Å². The number of hydrogen-bond acceptors (Lipinski definition) is 9. The van der Waals surface area contributed by atoms with Crippen molar-refractivity contribution in [3.8, 4) is 0 Å². The molecule has 12 heteroatoms. The second-order valence-electron chi connectivity index (χ2n) is 8.92. The molecule has 1 unspecified atom stereocenters. The number of rotatable bonds is 10. The van der Waals surface area contributed by atoms with Gasteiger partial charge in [-0.2, -0.15) is 0 Å². The van der Waals surface area contributed by atoms with Gasteiger partial charge in [0.15, 0.2) is 0 Å². The third-order valence-electron chi connectivity index (χ3n) is 6.61. The number of carbonyl (C=O) groups excluding carboxylic acids is 3. The fraction of sp³-hybridized carbons (Fsp3) is 0.286. The number of hydrogen-bond donors (Lipinski definition) is 2. The molecule has 0 aliphatic carbocycles. The van der Waals surface area contributed by atoms with E-state index in [9.17, 15) is 34.4 Å². The van der Waals surface area contributed by atoms with E-state index in [1.54, 1.807) is 30.3 Å². The molecule has 2 aromatic carbocycles. The lowest BCUT2D eigenvalue weighted by Gasteiger charge is -2.36. The molecule has 0 aromatic heterocycles. The van der Waals surface area contributed by atoms with Gasteiger partial charge in [-0.25, -0.2) is 9.59 Å². The monoisotopic (exact) mass is 551 g/mol. The van der Waals surface area contributed by atoms with Crippen molar-refractivity contribution in [3.63, 3.8) is 0 Å². The van der Waals surface area contributed by atoms with E-state index in [1.807, 2.05) is 0 Å². The average Bonchev–Trinajstić information content (AvgIpc) is 2.94. The third kappa shape index (κ3) is 6.07. The fourth-order valence-corrected chi connectivity index (χ4v) is 4.77.